The number of hydrogen-bond donors (Lipinski definition) is 0. The summed E-state index contributed by atoms with van der Waals surface area (Å²) in [5.41, 5.74) is 0. The van der Waals surface area contributed by atoms with E-state index in [9.17, 15) is 0 Å². The Bertz CT molecular complexity index is 455. The molecule has 0 aromatic carbocycles. The van der Waals surface area contributed by atoms with E-state index in [1.54, 1.807) is 7.11 Å². The quantitative estimate of drug-likeness (QED) is 0.434. The Balaban J connectivity index is 0.000000296. The zero-order valence-corrected chi connectivity index (χ0v) is 20.5. The second-order valence-electron chi connectivity index (χ2n) is 9.94. The van der Waals surface area contributed by atoms with Crippen LogP contribution in [-0.4, -0.2) is 79.5 Å². The third-order valence-corrected chi connectivity index (χ3v) is 6.40. The zero-order valence-electron chi connectivity index (χ0n) is 20.5. The molecule has 5 nitrogen and oxygen atoms in total. The van der Waals surface area contributed by atoms with Gasteiger partial charge in [-0.05, 0) is 46.0 Å². The van der Waals surface area contributed by atoms with Gasteiger partial charge in [0.25, 0.3) is 0 Å². The predicted molar refractivity (Wildman–Crippen MR) is 122 cm³/mol. The van der Waals surface area contributed by atoms with Crippen molar-refractivity contribution in [1.82, 2.24) is 9.80 Å². The number of methoxy groups -OCH3 is 1. The lowest BCUT2D eigenvalue weighted by Crippen LogP contribution is -2.38. The molecular weight excluding hydrogens is 362 g/mol. The van der Waals surface area contributed by atoms with Crippen molar-refractivity contribution in [2.24, 2.45) is 11.8 Å². The van der Waals surface area contributed by atoms with Crippen molar-refractivity contribution in [3.05, 3.63) is 11.4 Å². The fourth-order valence-corrected chi connectivity index (χ4v) is 4.73. The Hall–Kier alpha value is -0.670. The van der Waals surface area contributed by atoms with Gasteiger partial charge in [-0.1, -0.05) is 27.7 Å². The summed E-state index contributed by atoms with van der Waals surface area (Å²) < 4.78 is 10.8. The average molecular weight is 410 g/mol. The summed E-state index contributed by atoms with van der Waals surface area (Å²) in [5, 5.41) is 0. The Morgan fingerprint density at radius 2 is 1.34 bits per heavy atom. The Morgan fingerprint density at radius 1 is 0.828 bits per heavy atom. The van der Waals surface area contributed by atoms with Gasteiger partial charge in [0.05, 0.1) is 25.9 Å². The molecule has 0 aromatic rings. The van der Waals surface area contributed by atoms with Crippen LogP contribution in [-0.2, 0) is 9.47 Å². The zero-order chi connectivity index (χ0) is 22.1. The lowest BCUT2D eigenvalue weighted by Gasteiger charge is -2.30. The van der Waals surface area contributed by atoms with Crippen LogP contribution in [0.25, 0.3) is 4.85 Å². The maximum Gasteiger partial charge on any atom is 0.237 e. The smallest absolute Gasteiger partial charge is 0.237 e. The van der Waals surface area contributed by atoms with E-state index in [0.717, 1.165) is 26.1 Å². The third kappa shape index (κ3) is 8.17. The molecule has 170 valence electrons. The highest BCUT2D eigenvalue weighted by Gasteiger charge is 2.38. The van der Waals surface area contributed by atoms with E-state index in [0.29, 0.717) is 48.7 Å². The number of rotatable bonds is 8. The number of ether oxygens (including phenoxy) is 2. The topological polar surface area (TPSA) is 29.3 Å². The maximum absolute atomic E-state index is 7.06. The maximum atomic E-state index is 7.06. The molecule has 2 aliphatic heterocycles. The van der Waals surface area contributed by atoms with Gasteiger partial charge in [0.15, 0.2) is 0 Å². The fraction of sp³-hybridized carbons (Fsp3) is 0.958. The molecule has 29 heavy (non-hydrogen) atoms. The summed E-state index contributed by atoms with van der Waals surface area (Å²) in [4.78, 5) is 8.71. The van der Waals surface area contributed by atoms with Gasteiger partial charge in [-0.15, -0.1) is 0 Å². The van der Waals surface area contributed by atoms with Crippen LogP contribution in [0.5, 0.6) is 0 Å². The molecule has 0 spiro atoms. The SMILES string of the molecule is COCCO[C@H]1C[C@@H](C(C)C)N(C(C)C)C1.[C-]#[N+][C@H]1C[C@@H](C(C)C)N(C(C)C)C1. The van der Waals surface area contributed by atoms with Gasteiger partial charge in [-0.3, -0.25) is 9.80 Å². The normalized spacial score (nSPS) is 28.4. The van der Waals surface area contributed by atoms with E-state index in [2.05, 4.69) is 70.0 Å². The van der Waals surface area contributed by atoms with E-state index in [1.807, 2.05) is 0 Å². The highest BCUT2D eigenvalue weighted by molar-refractivity contribution is 4.97. The molecule has 4 atom stereocenters. The average Bonchev–Trinajstić information content (AvgIpc) is 3.27. The highest BCUT2D eigenvalue weighted by Crippen LogP contribution is 2.28. The van der Waals surface area contributed by atoms with Crippen LogP contribution in [0.2, 0.25) is 0 Å². The van der Waals surface area contributed by atoms with Crippen molar-refractivity contribution in [2.45, 2.75) is 105 Å². The molecule has 0 unspecified atom stereocenters. The van der Waals surface area contributed by atoms with E-state index in [1.165, 1.54) is 6.42 Å². The molecule has 0 saturated carbocycles. The first-order valence-corrected chi connectivity index (χ1v) is 11.6. The van der Waals surface area contributed by atoms with Crippen molar-refractivity contribution in [1.29, 1.82) is 0 Å². The van der Waals surface area contributed by atoms with E-state index in [-0.39, 0.29) is 6.04 Å². The van der Waals surface area contributed by atoms with E-state index in [4.69, 9.17) is 16.0 Å². The molecule has 2 aliphatic rings. The monoisotopic (exact) mass is 409 g/mol. The van der Waals surface area contributed by atoms with Crippen LogP contribution in [0.1, 0.15) is 68.2 Å². The van der Waals surface area contributed by atoms with Gasteiger partial charge in [-0.25, -0.2) is 6.57 Å². The van der Waals surface area contributed by atoms with Crippen LogP contribution in [0.4, 0.5) is 0 Å². The van der Waals surface area contributed by atoms with Gasteiger partial charge < -0.3 is 14.3 Å². The lowest BCUT2D eigenvalue weighted by atomic mass is 10.0. The molecular formula is C24H47N3O2. The lowest BCUT2D eigenvalue weighted by molar-refractivity contribution is 0.0208. The van der Waals surface area contributed by atoms with Crippen LogP contribution in [0, 0.1) is 18.4 Å². The van der Waals surface area contributed by atoms with Crippen LogP contribution < -0.4 is 0 Å². The number of hydrogen-bond acceptors (Lipinski definition) is 4. The first kappa shape index (κ1) is 26.4. The first-order chi connectivity index (χ1) is 13.6. The van der Waals surface area contributed by atoms with E-state index >= 15 is 0 Å². The molecule has 0 aliphatic carbocycles. The minimum absolute atomic E-state index is 0.245. The molecule has 0 bridgehead atoms. The molecule has 0 N–H and O–H groups in total. The number of likely N-dealkylation sites (tertiary alicyclic amines) is 2. The third-order valence-electron chi connectivity index (χ3n) is 6.40. The summed E-state index contributed by atoms with van der Waals surface area (Å²) >= 11 is 0. The molecule has 2 heterocycles. The van der Waals surface area contributed by atoms with E-state index < -0.39 is 0 Å². The first-order valence-electron chi connectivity index (χ1n) is 11.6. The Labute approximate surface area is 180 Å². The molecule has 2 fully saturated rings. The van der Waals surface area contributed by atoms with Crippen molar-refractivity contribution in [3.8, 4) is 0 Å². The summed E-state index contributed by atoms with van der Waals surface area (Å²) in [6.45, 7) is 28.6. The molecule has 0 amide bonds. The van der Waals surface area contributed by atoms with Gasteiger partial charge >= 0.3 is 0 Å². The number of nitrogens with zero attached hydrogens (tertiary/aromatic N) is 3. The van der Waals surface area contributed by atoms with Crippen molar-refractivity contribution < 1.29 is 9.47 Å². The standard InChI is InChI=1S/C13H27NO2.C11H20N2/c1-10(2)13-8-12(16-7-6-15-5)9-14(13)11(3)4;1-8(2)11-6-10(12-5)7-13(11)9(3)4/h10-13H,6-9H2,1-5H3;8-11H,6-7H2,1-4H3/t12-,13-;10-,11-/m00/s1. The predicted octanol–water partition coefficient (Wildman–Crippen LogP) is 4.57. The van der Waals surface area contributed by atoms with Crippen molar-refractivity contribution >= 4 is 0 Å². The summed E-state index contributed by atoms with van der Waals surface area (Å²) in [6.07, 6.45) is 2.63. The second kappa shape index (κ2) is 12.9. The van der Waals surface area contributed by atoms with Gasteiger partial charge in [0.2, 0.25) is 6.04 Å². The summed E-state index contributed by atoms with van der Waals surface area (Å²) in [5.74, 6) is 1.38. The second-order valence-corrected chi connectivity index (χ2v) is 9.94. The van der Waals surface area contributed by atoms with Crippen LogP contribution in [0.3, 0.4) is 0 Å². The molecule has 5 heteroatoms. The minimum Gasteiger partial charge on any atom is -0.382 e. The van der Waals surface area contributed by atoms with Crippen LogP contribution in [0.15, 0.2) is 0 Å². The van der Waals surface area contributed by atoms with Gasteiger partial charge in [0, 0.05) is 44.2 Å². The minimum atomic E-state index is 0.245. The fourth-order valence-electron chi connectivity index (χ4n) is 4.73. The Kier molecular flexibility index (Phi) is 11.7. The molecule has 0 aromatic heterocycles. The highest BCUT2D eigenvalue weighted by atomic mass is 16.5. The largest absolute Gasteiger partial charge is 0.382 e. The molecule has 2 saturated heterocycles. The molecule has 2 rings (SSSR count). The van der Waals surface area contributed by atoms with Gasteiger partial charge in [-0.2, -0.15) is 0 Å². The van der Waals surface area contributed by atoms with Gasteiger partial charge in [0.1, 0.15) is 0 Å². The Morgan fingerprint density at radius 3 is 1.72 bits per heavy atom. The van der Waals surface area contributed by atoms with Crippen LogP contribution >= 0.6 is 0 Å². The van der Waals surface area contributed by atoms with Crippen molar-refractivity contribution in [3.63, 3.8) is 0 Å². The molecule has 0 radical (unpaired) electrons. The van der Waals surface area contributed by atoms with Crippen molar-refractivity contribution in [2.75, 3.05) is 33.4 Å². The summed E-state index contributed by atoms with van der Waals surface area (Å²) in [6, 6.07) is 2.74. The summed E-state index contributed by atoms with van der Waals surface area (Å²) in [7, 11) is 1.72.